The number of para-hydroxylation sites is 1. The summed E-state index contributed by atoms with van der Waals surface area (Å²) in [7, 11) is -3.71. The van der Waals surface area contributed by atoms with Crippen molar-refractivity contribution in [3.05, 3.63) is 65.9 Å². The van der Waals surface area contributed by atoms with E-state index >= 15 is 0 Å². The van der Waals surface area contributed by atoms with Crippen molar-refractivity contribution in [2.45, 2.75) is 31.1 Å². The number of carbonyl (C=O) groups is 3. The van der Waals surface area contributed by atoms with Gasteiger partial charge >= 0.3 is 0 Å². The van der Waals surface area contributed by atoms with Gasteiger partial charge in [0.2, 0.25) is 21.8 Å². The Morgan fingerprint density at radius 2 is 1.68 bits per heavy atom. The molecule has 3 aromatic rings. The third-order valence-electron chi connectivity index (χ3n) is 6.07. The lowest BCUT2D eigenvalue weighted by atomic mass is 9.98. The van der Waals surface area contributed by atoms with Crippen LogP contribution < -0.4 is 10.9 Å². The SMILES string of the molecule is CC(=O)c1ccc(S(=O)(=O)N2CCC(C(=O)NNC(=O)Cc3c[nH]c4ccccc34)CC2)cc1. The van der Waals surface area contributed by atoms with E-state index in [9.17, 15) is 22.8 Å². The average Bonchev–Trinajstić information content (AvgIpc) is 3.25. The lowest BCUT2D eigenvalue weighted by Gasteiger charge is -2.30. The third-order valence-corrected chi connectivity index (χ3v) is 7.99. The monoisotopic (exact) mass is 482 g/mol. The topological polar surface area (TPSA) is 128 Å². The molecule has 34 heavy (non-hydrogen) atoms. The van der Waals surface area contributed by atoms with E-state index in [-0.39, 0.29) is 42.0 Å². The van der Waals surface area contributed by atoms with Crippen molar-refractivity contribution < 1.29 is 22.8 Å². The molecule has 1 aliphatic heterocycles. The van der Waals surface area contributed by atoms with Gasteiger partial charge in [-0.1, -0.05) is 30.3 Å². The maximum Gasteiger partial charge on any atom is 0.243 e. The number of hydrazine groups is 1. The minimum atomic E-state index is -3.71. The van der Waals surface area contributed by atoms with Gasteiger partial charge in [0.05, 0.1) is 11.3 Å². The Labute approximate surface area is 197 Å². The second kappa shape index (κ2) is 9.78. The number of sulfonamides is 1. The first-order valence-electron chi connectivity index (χ1n) is 11.0. The van der Waals surface area contributed by atoms with Crippen LogP contribution in [0.15, 0.2) is 59.6 Å². The van der Waals surface area contributed by atoms with Gasteiger partial charge in [-0.05, 0) is 43.5 Å². The number of carbonyl (C=O) groups excluding carboxylic acids is 3. The standard InChI is InChI=1S/C24H26N4O5S/c1-16(29)17-6-8-20(9-7-17)34(32,33)28-12-10-18(11-13-28)24(31)27-26-23(30)14-19-15-25-22-5-3-2-4-21(19)22/h2-9,15,18,25H,10-14H2,1H3,(H,26,30)(H,27,31). The first kappa shape index (κ1) is 23.7. The molecule has 2 amide bonds. The number of fused-ring (bicyclic) bond motifs is 1. The van der Waals surface area contributed by atoms with Crippen LogP contribution in [0.25, 0.3) is 10.9 Å². The van der Waals surface area contributed by atoms with Crippen molar-refractivity contribution in [3.8, 4) is 0 Å². The molecule has 1 fully saturated rings. The van der Waals surface area contributed by atoms with Crippen molar-refractivity contribution in [3.63, 3.8) is 0 Å². The van der Waals surface area contributed by atoms with Crippen LogP contribution in [0, 0.1) is 5.92 Å². The highest BCUT2D eigenvalue weighted by Crippen LogP contribution is 2.24. The summed E-state index contributed by atoms with van der Waals surface area (Å²) in [5, 5.41) is 0.952. The van der Waals surface area contributed by atoms with E-state index in [0.29, 0.717) is 18.4 Å². The molecule has 0 bridgehead atoms. The van der Waals surface area contributed by atoms with Gasteiger partial charge in [0.15, 0.2) is 5.78 Å². The van der Waals surface area contributed by atoms with E-state index in [1.807, 2.05) is 24.3 Å². The van der Waals surface area contributed by atoms with Gasteiger partial charge in [-0.15, -0.1) is 0 Å². The first-order chi connectivity index (χ1) is 16.3. The van der Waals surface area contributed by atoms with Crippen LogP contribution in [0.2, 0.25) is 0 Å². The fourth-order valence-electron chi connectivity index (χ4n) is 4.10. The fourth-order valence-corrected chi connectivity index (χ4v) is 5.57. The van der Waals surface area contributed by atoms with Gasteiger partial charge in [0, 0.05) is 41.7 Å². The molecule has 0 spiro atoms. The van der Waals surface area contributed by atoms with Crippen LogP contribution in [0.3, 0.4) is 0 Å². The third kappa shape index (κ3) is 5.02. The molecular formula is C24H26N4O5S. The Balaban J connectivity index is 1.27. The fraction of sp³-hybridized carbons (Fsp3) is 0.292. The quantitative estimate of drug-likeness (QED) is 0.366. The smallest absolute Gasteiger partial charge is 0.243 e. The highest BCUT2D eigenvalue weighted by molar-refractivity contribution is 7.89. The lowest BCUT2D eigenvalue weighted by Crippen LogP contribution is -2.48. The normalized spacial score (nSPS) is 15.2. The van der Waals surface area contributed by atoms with Crippen LogP contribution in [-0.2, 0) is 26.0 Å². The summed E-state index contributed by atoms with van der Waals surface area (Å²) >= 11 is 0. The Bertz CT molecular complexity index is 1320. The summed E-state index contributed by atoms with van der Waals surface area (Å²) in [6.07, 6.45) is 2.57. The molecule has 4 rings (SSSR count). The number of piperidine rings is 1. The van der Waals surface area contributed by atoms with Gasteiger partial charge in [-0.2, -0.15) is 4.31 Å². The summed E-state index contributed by atoms with van der Waals surface area (Å²) < 4.78 is 27.1. The van der Waals surface area contributed by atoms with Crippen molar-refractivity contribution in [1.82, 2.24) is 20.1 Å². The van der Waals surface area contributed by atoms with Crippen LogP contribution in [0.1, 0.15) is 35.7 Å². The molecule has 0 saturated carbocycles. The minimum Gasteiger partial charge on any atom is -0.361 e. The van der Waals surface area contributed by atoms with Crippen LogP contribution in [0.4, 0.5) is 0 Å². The Morgan fingerprint density at radius 3 is 2.35 bits per heavy atom. The Hall–Kier alpha value is -3.50. The molecule has 0 atom stereocenters. The molecule has 0 radical (unpaired) electrons. The maximum atomic E-state index is 12.9. The minimum absolute atomic E-state index is 0.114. The molecule has 0 unspecified atom stereocenters. The zero-order valence-electron chi connectivity index (χ0n) is 18.7. The molecule has 3 N–H and O–H groups in total. The second-order valence-corrected chi connectivity index (χ2v) is 10.3. The van der Waals surface area contributed by atoms with E-state index < -0.39 is 15.9 Å². The molecular weight excluding hydrogens is 456 g/mol. The molecule has 2 aromatic carbocycles. The molecule has 0 aliphatic carbocycles. The largest absolute Gasteiger partial charge is 0.361 e. The highest BCUT2D eigenvalue weighted by atomic mass is 32.2. The zero-order chi connectivity index (χ0) is 24.3. The number of nitrogens with zero attached hydrogens (tertiary/aromatic N) is 1. The molecule has 1 aromatic heterocycles. The maximum absolute atomic E-state index is 12.9. The second-order valence-electron chi connectivity index (χ2n) is 8.33. The molecule has 1 saturated heterocycles. The van der Waals surface area contributed by atoms with Crippen molar-refractivity contribution in [2.24, 2.45) is 5.92 Å². The molecule has 9 nitrogen and oxygen atoms in total. The Morgan fingerprint density at radius 1 is 1.00 bits per heavy atom. The van der Waals surface area contributed by atoms with Gasteiger partial charge in [0.1, 0.15) is 0 Å². The summed E-state index contributed by atoms with van der Waals surface area (Å²) in [4.78, 5) is 39.4. The van der Waals surface area contributed by atoms with Gasteiger partial charge in [-0.25, -0.2) is 8.42 Å². The number of benzene rings is 2. The number of nitrogens with one attached hydrogen (secondary N) is 3. The molecule has 2 heterocycles. The summed E-state index contributed by atoms with van der Waals surface area (Å²) in [5.41, 5.74) is 7.13. The average molecular weight is 483 g/mol. The van der Waals surface area contributed by atoms with Gasteiger partial charge in [-0.3, -0.25) is 25.2 Å². The molecule has 178 valence electrons. The summed E-state index contributed by atoms with van der Waals surface area (Å²) in [6.45, 7) is 1.81. The highest BCUT2D eigenvalue weighted by Gasteiger charge is 2.32. The number of amides is 2. The van der Waals surface area contributed by atoms with Crippen LogP contribution >= 0.6 is 0 Å². The van der Waals surface area contributed by atoms with E-state index in [1.54, 1.807) is 6.20 Å². The van der Waals surface area contributed by atoms with Crippen LogP contribution in [0.5, 0.6) is 0 Å². The van der Waals surface area contributed by atoms with Gasteiger partial charge in [0.25, 0.3) is 0 Å². The number of hydrogen-bond donors (Lipinski definition) is 3. The van der Waals surface area contributed by atoms with E-state index in [4.69, 9.17) is 0 Å². The van der Waals surface area contributed by atoms with Gasteiger partial charge < -0.3 is 4.98 Å². The first-order valence-corrected chi connectivity index (χ1v) is 12.4. The number of hydrogen-bond acceptors (Lipinski definition) is 5. The van der Waals surface area contributed by atoms with E-state index in [0.717, 1.165) is 16.5 Å². The number of ketones is 1. The lowest BCUT2D eigenvalue weighted by molar-refractivity contribution is -0.131. The molecule has 10 heteroatoms. The molecule has 1 aliphatic rings. The predicted molar refractivity (Wildman–Crippen MR) is 126 cm³/mol. The summed E-state index contributed by atoms with van der Waals surface area (Å²) in [5.74, 6) is -1.22. The van der Waals surface area contributed by atoms with Crippen molar-refractivity contribution in [2.75, 3.05) is 13.1 Å². The number of aromatic nitrogens is 1. The zero-order valence-corrected chi connectivity index (χ0v) is 19.5. The Kier molecular flexibility index (Phi) is 6.80. The number of H-pyrrole nitrogens is 1. The number of Topliss-reactive ketones (excluding diaryl/α,β-unsaturated/α-hetero) is 1. The van der Waals surface area contributed by atoms with E-state index in [2.05, 4.69) is 15.8 Å². The number of aromatic amines is 1. The van der Waals surface area contributed by atoms with E-state index in [1.165, 1.54) is 35.5 Å². The summed E-state index contributed by atoms with van der Waals surface area (Å²) in [6, 6.07) is 13.5. The predicted octanol–water partition coefficient (Wildman–Crippen LogP) is 2.16. The van der Waals surface area contributed by atoms with Crippen molar-refractivity contribution >= 4 is 38.5 Å². The number of rotatable bonds is 6. The van der Waals surface area contributed by atoms with Crippen molar-refractivity contribution in [1.29, 1.82) is 0 Å². The van der Waals surface area contributed by atoms with Crippen LogP contribution in [-0.4, -0.2) is 48.4 Å².